The minimum absolute atomic E-state index is 1.10. The number of thiophene rings is 1. The van der Waals surface area contributed by atoms with Gasteiger partial charge < -0.3 is 5.32 Å². The quantitative estimate of drug-likeness (QED) is 0.433. The minimum atomic E-state index is 1.10. The van der Waals surface area contributed by atoms with Crippen molar-refractivity contribution in [2.24, 2.45) is 0 Å². The van der Waals surface area contributed by atoms with Gasteiger partial charge in [0.15, 0.2) is 0 Å². The fourth-order valence-corrected chi connectivity index (χ4v) is 3.67. The molecule has 0 saturated carbocycles. The fraction of sp³-hybridized carbons (Fsp3) is 0. The molecule has 1 aromatic heterocycles. The molecule has 0 aliphatic rings. The topological polar surface area (TPSA) is 12.0 Å². The van der Waals surface area contributed by atoms with Crippen molar-refractivity contribution < 1.29 is 0 Å². The van der Waals surface area contributed by atoms with Gasteiger partial charge in [0.05, 0.1) is 0 Å². The van der Waals surface area contributed by atoms with Crippen molar-refractivity contribution in [2.45, 2.75) is 0 Å². The van der Waals surface area contributed by atoms with E-state index < -0.39 is 0 Å². The summed E-state index contributed by atoms with van der Waals surface area (Å²) in [4.78, 5) is 2.59. The smallest absolute Gasteiger partial charge is 0.0384 e. The van der Waals surface area contributed by atoms with E-state index in [4.69, 9.17) is 0 Å². The van der Waals surface area contributed by atoms with Crippen molar-refractivity contribution in [3.63, 3.8) is 0 Å². The van der Waals surface area contributed by atoms with Crippen LogP contribution in [0, 0.1) is 0 Å². The van der Waals surface area contributed by atoms with Gasteiger partial charge in [-0.15, -0.1) is 11.3 Å². The maximum atomic E-state index is 3.42. The molecule has 3 aromatic carbocycles. The lowest BCUT2D eigenvalue weighted by Gasteiger charge is -2.06. The molecular formula is C22H17NS. The van der Waals surface area contributed by atoms with Crippen LogP contribution >= 0.6 is 11.3 Å². The van der Waals surface area contributed by atoms with Crippen LogP contribution in [-0.4, -0.2) is 0 Å². The lowest BCUT2D eigenvalue weighted by Crippen LogP contribution is -1.88. The van der Waals surface area contributed by atoms with E-state index in [1.54, 1.807) is 0 Å². The van der Waals surface area contributed by atoms with Gasteiger partial charge in [-0.25, -0.2) is 0 Å². The molecule has 0 atom stereocenters. The first kappa shape index (κ1) is 14.7. The molecule has 0 aliphatic carbocycles. The van der Waals surface area contributed by atoms with Crippen molar-refractivity contribution in [1.29, 1.82) is 0 Å². The Bertz CT molecular complexity index is 909. The standard InChI is InChI=1S/C22H17NS/c1-3-7-17(8-4-1)21-15-16-22(24-21)18-11-13-20(14-12-18)23-19-9-5-2-6-10-19/h1-16,23H. The third-order valence-electron chi connectivity index (χ3n) is 3.90. The molecule has 0 unspecified atom stereocenters. The molecule has 4 aromatic rings. The third kappa shape index (κ3) is 3.24. The van der Waals surface area contributed by atoms with Gasteiger partial charge in [-0.2, -0.15) is 0 Å². The maximum absolute atomic E-state index is 3.42. The summed E-state index contributed by atoms with van der Waals surface area (Å²) < 4.78 is 0. The van der Waals surface area contributed by atoms with Crippen LogP contribution in [0.3, 0.4) is 0 Å². The minimum Gasteiger partial charge on any atom is -0.356 e. The van der Waals surface area contributed by atoms with Crippen LogP contribution in [0.15, 0.2) is 97.1 Å². The molecule has 0 aliphatic heterocycles. The zero-order valence-corrected chi connectivity index (χ0v) is 14.0. The molecule has 116 valence electrons. The zero-order chi connectivity index (χ0) is 16.2. The molecule has 4 rings (SSSR count). The van der Waals surface area contributed by atoms with E-state index >= 15 is 0 Å². The van der Waals surface area contributed by atoms with Crippen molar-refractivity contribution in [3.8, 4) is 20.9 Å². The normalized spacial score (nSPS) is 10.5. The second kappa shape index (κ2) is 6.73. The fourth-order valence-electron chi connectivity index (χ4n) is 2.66. The molecule has 0 saturated heterocycles. The van der Waals surface area contributed by atoms with Crippen LogP contribution in [0.25, 0.3) is 20.9 Å². The van der Waals surface area contributed by atoms with E-state index in [1.165, 1.54) is 20.9 Å². The molecule has 1 N–H and O–H groups in total. The Morgan fingerprint density at radius 1 is 0.458 bits per heavy atom. The van der Waals surface area contributed by atoms with Gasteiger partial charge >= 0.3 is 0 Å². The van der Waals surface area contributed by atoms with E-state index in [-0.39, 0.29) is 0 Å². The van der Waals surface area contributed by atoms with E-state index in [1.807, 2.05) is 29.5 Å². The van der Waals surface area contributed by atoms with E-state index in [9.17, 15) is 0 Å². The molecule has 0 bridgehead atoms. The lowest BCUT2D eigenvalue weighted by atomic mass is 10.1. The Labute approximate surface area is 146 Å². The summed E-state index contributed by atoms with van der Waals surface area (Å²) >= 11 is 1.83. The number of rotatable bonds is 4. The van der Waals surface area contributed by atoms with Crippen LogP contribution in [0.2, 0.25) is 0 Å². The number of hydrogen-bond donors (Lipinski definition) is 1. The maximum Gasteiger partial charge on any atom is 0.0384 e. The Balaban J connectivity index is 1.54. The Morgan fingerprint density at radius 2 is 0.958 bits per heavy atom. The zero-order valence-electron chi connectivity index (χ0n) is 13.1. The van der Waals surface area contributed by atoms with E-state index in [2.05, 4.69) is 84.2 Å². The third-order valence-corrected chi connectivity index (χ3v) is 5.08. The molecule has 0 fully saturated rings. The summed E-state index contributed by atoms with van der Waals surface area (Å²) in [7, 11) is 0. The summed E-state index contributed by atoms with van der Waals surface area (Å²) in [6.45, 7) is 0. The molecular weight excluding hydrogens is 310 g/mol. The summed E-state index contributed by atoms with van der Waals surface area (Å²) in [6.07, 6.45) is 0. The highest BCUT2D eigenvalue weighted by Crippen LogP contribution is 2.34. The van der Waals surface area contributed by atoms with Crippen molar-refractivity contribution >= 4 is 22.7 Å². The van der Waals surface area contributed by atoms with E-state index in [0.29, 0.717) is 0 Å². The summed E-state index contributed by atoms with van der Waals surface area (Å²) in [5.41, 5.74) is 4.73. The first-order valence-electron chi connectivity index (χ1n) is 7.96. The average molecular weight is 327 g/mol. The number of hydrogen-bond acceptors (Lipinski definition) is 2. The lowest BCUT2D eigenvalue weighted by molar-refractivity contribution is 1.55. The molecule has 2 heteroatoms. The second-order valence-electron chi connectivity index (χ2n) is 5.60. The molecule has 24 heavy (non-hydrogen) atoms. The number of anilines is 2. The van der Waals surface area contributed by atoms with Crippen LogP contribution < -0.4 is 5.32 Å². The highest BCUT2D eigenvalue weighted by Gasteiger charge is 2.05. The Hall–Kier alpha value is -2.84. The predicted molar refractivity (Wildman–Crippen MR) is 105 cm³/mol. The summed E-state index contributed by atoms with van der Waals surface area (Å²) in [5.74, 6) is 0. The summed E-state index contributed by atoms with van der Waals surface area (Å²) in [6, 6.07) is 33.8. The van der Waals surface area contributed by atoms with Gasteiger partial charge in [0.2, 0.25) is 0 Å². The van der Waals surface area contributed by atoms with Crippen LogP contribution in [0.4, 0.5) is 11.4 Å². The van der Waals surface area contributed by atoms with Crippen molar-refractivity contribution in [3.05, 3.63) is 97.1 Å². The SMILES string of the molecule is c1ccc(Nc2ccc(-c3ccc(-c4ccccc4)s3)cc2)cc1. The Kier molecular flexibility index (Phi) is 4.13. The number of benzene rings is 3. The molecule has 0 spiro atoms. The largest absolute Gasteiger partial charge is 0.356 e. The van der Waals surface area contributed by atoms with Crippen LogP contribution in [-0.2, 0) is 0 Å². The van der Waals surface area contributed by atoms with Crippen molar-refractivity contribution in [1.82, 2.24) is 0 Å². The first-order valence-corrected chi connectivity index (χ1v) is 8.78. The van der Waals surface area contributed by atoms with Crippen LogP contribution in [0.1, 0.15) is 0 Å². The number of nitrogens with one attached hydrogen (secondary N) is 1. The van der Waals surface area contributed by atoms with Gasteiger partial charge in [0, 0.05) is 21.1 Å². The number of para-hydroxylation sites is 1. The van der Waals surface area contributed by atoms with Crippen LogP contribution in [0.5, 0.6) is 0 Å². The molecule has 1 nitrogen and oxygen atoms in total. The molecule has 0 radical (unpaired) electrons. The highest BCUT2D eigenvalue weighted by molar-refractivity contribution is 7.18. The van der Waals surface area contributed by atoms with Gasteiger partial charge in [-0.1, -0.05) is 60.7 Å². The predicted octanol–water partition coefficient (Wildman–Crippen LogP) is 6.83. The van der Waals surface area contributed by atoms with Gasteiger partial charge in [0.25, 0.3) is 0 Å². The molecule has 0 amide bonds. The van der Waals surface area contributed by atoms with E-state index in [0.717, 1.165) is 11.4 Å². The summed E-state index contributed by atoms with van der Waals surface area (Å²) in [5, 5.41) is 3.42. The van der Waals surface area contributed by atoms with Crippen molar-refractivity contribution in [2.75, 3.05) is 5.32 Å². The second-order valence-corrected chi connectivity index (χ2v) is 6.68. The Morgan fingerprint density at radius 3 is 1.58 bits per heavy atom. The average Bonchev–Trinajstić information content (AvgIpc) is 3.14. The van der Waals surface area contributed by atoms with Gasteiger partial charge in [-0.05, 0) is 47.5 Å². The van der Waals surface area contributed by atoms with Gasteiger partial charge in [0.1, 0.15) is 0 Å². The monoisotopic (exact) mass is 327 g/mol. The van der Waals surface area contributed by atoms with Gasteiger partial charge in [-0.3, -0.25) is 0 Å². The molecule has 1 heterocycles. The first-order chi connectivity index (χ1) is 11.9. The highest BCUT2D eigenvalue weighted by atomic mass is 32.1.